The Labute approximate surface area is 148 Å². The van der Waals surface area contributed by atoms with Crippen LogP contribution in [0.3, 0.4) is 0 Å². The second-order valence-electron chi connectivity index (χ2n) is 6.05. The number of aliphatic imine (C=N–C) groups is 1. The highest BCUT2D eigenvalue weighted by Gasteiger charge is 2.25. The summed E-state index contributed by atoms with van der Waals surface area (Å²) in [4.78, 5) is 10.7. The second kappa shape index (κ2) is 8.41. The number of hydrogen-bond donors (Lipinski definition) is 2. The van der Waals surface area contributed by atoms with Crippen molar-refractivity contribution < 1.29 is 4.74 Å². The monoisotopic (exact) mass is 342 g/mol. The molecule has 1 atom stereocenters. The van der Waals surface area contributed by atoms with Crippen LogP contribution in [-0.4, -0.2) is 55.3 Å². The van der Waals surface area contributed by atoms with E-state index >= 15 is 0 Å². The lowest BCUT2D eigenvalue weighted by Gasteiger charge is -2.22. The highest BCUT2D eigenvalue weighted by Crippen LogP contribution is 2.30. The maximum absolute atomic E-state index is 5.48. The van der Waals surface area contributed by atoms with Crippen molar-refractivity contribution in [2.45, 2.75) is 19.0 Å². The molecule has 0 aliphatic carbocycles. The van der Waals surface area contributed by atoms with E-state index in [1.54, 1.807) is 20.4 Å². The third-order valence-corrected chi connectivity index (χ3v) is 4.40. The summed E-state index contributed by atoms with van der Waals surface area (Å²) >= 11 is 0. The number of anilines is 1. The van der Waals surface area contributed by atoms with Crippen molar-refractivity contribution in [3.63, 3.8) is 0 Å². The molecule has 7 heteroatoms. The van der Waals surface area contributed by atoms with Gasteiger partial charge in [-0.15, -0.1) is 0 Å². The molecule has 134 valence electrons. The van der Waals surface area contributed by atoms with Crippen LogP contribution in [0.1, 0.15) is 6.42 Å². The van der Waals surface area contributed by atoms with Crippen molar-refractivity contribution in [2.75, 3.05) is 38.7 Å². The molecule has 2 heterocycles. The first-order chi connectivity index (χ1) is 12.3. The van der Waals surface area contributed by atoms with Gasteiger partial charge in [0.2, 0.25) is 0 Å². The van der Waals surface area contributed by atoms with E-state index in [-0.39, 0.29) is 0 Å². The number of hydrogen-bond acceptors (Lipinski definition) is 4. The van der Waals surface area contributed by atoms with Crippen molar-refractivity contribution in [2.24, 2.45) is 4.99 Å². The molecule has 25 heavy (non-hydrogen) atoms. The first-order valence-electron chi connectivity index (χ1n) is 8.61. The lowest BCUT2D eigenvalue weighted by atomic mass is 10.2. The van der Waals surface area contributed by atoms with Crippen LogP contribution in [0.2, 0.25) is 0 Å². The van der Waals surface area contributed by atoms with E-state index < -0.39 is 0 Å². The molecule has 0 radical (unpaired) electrons. The van der Waals surface area contributed by atoms with Crippen molar-refractivity contribution in [3.05, 3.63) is 43.0 Å². The Kier molecular flexibility index (Phi) is 5.77. The number of methoxy groups -OCH3 is 1. The van der Waals surface area contributed by atoms with E-state index in [0.29, 0.717) is 6.04 Å². The summed E-state index contributed by atoms with van der Waals surface area (Å²) in [6, 6.07) is 8.53. The minimum atomic E-state index is 0.365. The maximum atomic E-state index is 5.48. The fraction of sp³-hybridized carbons (Fsp3) is 0.444. The summed E-state index contributed by atoms with van der Waals surface area (Å²) in [5.74, 6) is 1.76. The van der Waals surface area contributed by atoms with E-state index in [0.717, 1.165) is 50.0 Å². The molecule has 0 spiro atoms. The molecule has 0 bridgehead atoms. The fourth-order valence-electron chi connectivity index (χ4n) is 3.10. The lowest BCUT2D eigenvalue weighted by molar-refractivity contribution is 0.415. The van der Waals surface area contributed by atoms with E-state index in [1.807, 2.05) is 29.2 Å². The van der Waals surface area contributed by atoms with Crippen LogP contribution in [0.4, 0.5) is 5.69 Å². The summed E-state index contributed by atoms with van der Waals surface area (Å²) < 4.78 is 7.52. The zero-order valence-corrected chi connectivity index (χ0v) is 14.9. The number of nitrogens with zero attached hydrogens (tertiary/aromatic N) is 4. The third kappa shape index (κ3) is 4.43. The Balaban J connectivity index is 1.49. The molecular formula is C18H26N6O. The Morgan fingerprint density at radius 2 is 2.28 bits per heavy atom. The van der Waals surface area contributed by atoms with Gasteiger partial charge < -0.3 is 24.8 Å². The van der Waals surface area contributed by atoms with Gasteiger partial charge in [0.1, 0.15) is 5.75 Å². The zero-order chi connectivity index (χ0) is 17.5. The van der Waals surface area contributed by atoms with Gasteiger partial charge >= 0.3 is 0 Å². The molecule has 1 aromatic carbocycles. The van der Waals surface area contributed by atoms with E-state index in [4.69, 9.17) is 4.74 Å². The average molecular weight is 342 g/mol. The van der Waals surface area contributed by atoms with Crippen LogP contribution in [-0.2, 0) is 6.54 Å². The van der Waals surface area contributed by atoms with Crippen LogP contribution >= 0.6 is 0 Å². The largest absolute Gasteiger partial charge is 0.495 e. The number of guanidine groups is 1. The number of aromatic nitrogens is 2. The number of nitrogens with one attached hydrogen (secondary N) is 2. The van der Waals surface area contributed by atoms with Crippen LogP contribution in [0.5, 0.6) is 5.75 Å². The van der Waals surface area contributed by atoms with Gasteiger partial charge in [0, 0.05) is 51.7 Å². The quantitative estimate of drug-likeness (QED) is 0.612. The molecule has 1 aromatic heterocycles. The molecule has 1 saturated heterocycles. The summed E-state index contributed by atoms with van der Waals surface area (Å²) in [7, 11) is 3.52. The minimum absolute atomic E-state index is 0.365. The molecule has 1 unspecified atom stereocenters. The smallest absolute Gasteiger partial charge is 0.191 e. The number of rotatable bonds is 6. The Bertz CT molecular complexity index is 685. The van der Waals surface area contributed by atoms with Crippen molar-refractivity contribution in [3.8, 4) is 5.75 Å². The number of ether oxygens (including phenoxy) is 1. The van der Waals surface area contributed by atoms with Gasteiger partial charge in [-0.05, 0) is 18.6 Å². The maximum Gasteiger partial charge on any atom is 0.191 e. The highest BCUT2D eigenvalue weighted by molar-refractivity contribution is 5.80. The van der Waals surface area contributed by atoms with Gasteiger partial charge in [-0.1, -0.05) is 12.1 Å². The standard InChI is InChI=1S/C18H26N6O/c1-19-18(21-9-12-23-11-8-20-14-23)22-15-7-10-24(13-15)16-5-3-4-6-17(16)25-2/h3-6,8,11,14-15H,7,9-10,12-13H2,1-2H3,(H2,19,21,22). The molecule has 1 fully saturated rings. The van der Waals surface area contributed by atoms with Gasteiger partial charge in [0.25, 0.3) is 0 Å². The topological polar surface area (TPSA) is 66.7 Å². The van der Waals surface area contributed by atoms with E-state index in [9.17, 15) is 0 Å². The Hall–Kier alpha value is -2.70. The van der Waals surface area contributed by atoms with E-state index in [1.165, 1.54) is 0 Å². The highest BCUT2D eigenvalue weighted by atomic mass is 16.5. The zero-order valence-electron chi connectivity index (χ0n) is 14.9. The molecule has 7 nitrogen and oxygen atoms in total. The summed E-state index contributed by atoms with van der Waals surface area (Å²) in [5, 5.41) is 6.87. The van der Waals surface area contributed by atoms with Crippen LogP contribution in [0.25, 0.3) is 0 Å². The van der Waals surface area contributed by atoms with Gasteiger partial charge in [-0.3, -0.25) is 4.99 Å². The predicted molar refractivity (Wildman–Crippen MR) is 100 cm³/mol. The van der Waals surface area contributed by atoms with Crippen LogP contribution in [0.15, 0.2) is 48.0 Å². The molecular weight excluding hydrogens is 316 g/mol. The molecule has 3 rings (SSSR count). The second-order valence-corrected chi connectivity index (χ2v) is 6.05. The summed E-state index contributed by atoms with van der Waals surface area (Å²) in [6.07, 6.45) is 6.64. The van der Waals surface area contributed by atoms with Crippen molar-refractivity contribution in [1.82, 2.24) is 20.2 Å². The SMILES string of the molecule is CN=C(NCCn1ccnc1)NC1CCN(c2ccccc2OC)C1. The first kappa shape index (κ1) is 17.1. The first-order valence-corrected chi connectivity index (χ1v) is 8.61. The summed E-state index contributed by atoms with van der Waals surface area (Å²) in [5.41, 5.74) is 1.15. The Morgan fingerprint density at radius 1 is 1.40 bits per heavy atom. The van der Waals surface area contributed by atoms with Gasteiger partial charge in [-0.25, -0.2) is 4.98 Å². The molecule has 0 saturated carbocycles. The molecule has 1 aliphatic heterocycles. The molecule has 0 amide bonds. The van der Waals surface area contributed by atoms with Crippen LogP contribution < -0.4 is 20.3 Å². The number of benzene rings is 1. The molecule has 1 aliphatic rings. The van der Waals surface area contributed by atoms with Gasteiger partial charge in [0.15, 0.2) is 5.96 Å². The van der Waals surface area contributed by atoms with Crippen molar-refractivity contribution in [1.29, 1.82) is 0 Å². The minimum Gasteiger partial charge on any atom is -0.495 e. The fourth-order valence-corrected chi connectivity index (χ4v) is 3.10. The average Bonchev–Trinajstić information content (AvgIpc) is 3.32. The lowest BCUT2D eigenvalue weighted by Crippen LogP contribution is -2.45. The van der Waals surface area contributed by atoms with E-state index in [2.05, 4.69) is 37.6 Å². The predicted octanol–water partition coefficient (Wildman–Crippen LogP) is 1.34. The normalized spacial score (nSPS) is 17.6. The number of imidazole rings is 1. The van der Waals surface area contributed by atoms with Gasteiger partial charge in [-0.2, -0.15) is 0 Å². The molecule has 2 aromatic rings. The molecule has 2 N–H and O–H groups in total. The Morgan fingerprint density at radius 3 is 3.04 bits per heavy atom. The van der Waals surface area contributed by atoms with Crippen molar-refractivity contribution >= 4 is 11.6 Å². The van der Waals surface area contributed by atoms with Gasteiger partial charge in [0.05, 0.1) is 19.1 Å². The number of para-hydroxylation sites is 2. The summed E-state index contributed by atoms with van der Waals surface area (Å²) in [6.45, 7) is 3.60. The van der Waals surface area contributed by atoms with Crippen LogP contribution in [0, 0.1) is 0 Å². The third-order valence-electron chi connectivity index (χ3n) is 4.40.